The van der Waals surface area contributed by atoms with Crippen molar-refractivity contribution in [2.24, 2.45) is 0 Å². The highest BCUT2D eigenvalue weighted by atomic mass is 32.2. The smallest absolute Gasteiger partial charge is 0.321 e. The lowest BCUT2D eigenvalue weighted by atomic mass is 10.2. The molecule has 0 atom stereocenters. The van der Waals surface area contributed by atoms with Gasteiger partial charge in [0.25, 0.3) is 0 Å². The Labute approximate surface area is 184 Å². The molecule has 0 rings (SSSR count). The van der Waals surface area contributed by atoms with Crippen molar-refractivity contribution in [3.63, 3.8) is 0 Å². The number of rotatable bonds is 17. The summed E-state index contributed by atoms with van der Waals surface area (Å²) in [5.74, 6) is 0.888. The predicted octanol–water partition coefficient (Wildman–Crippen LogP) is 7.98. The van der Waals surface area contributed by atoms with E-state index in [-0.39, 0.29) is 5.97 Å². The third-order valence-corrected chi connectivity index (χ3v) is 5.53. The second-order valence-corrected chi connectivity index (χ2v) is 9.00. The van der Waals surface area contributed by atoms with Crippen LogP contribution in [0.2, 0.25) is 0 Å². The van der Waals surface area contributed by atoms with Crippen molar-refractivity contribution in [3.8, 4) is 0 Å². The molecule has 0 aromatic carbocycles. The molecule has 0 N–H and O–H groups in total. The third-order valence-electron chi connectivity index (χ3n) is 4.15. The Morgan fingerprint density at radius 1 is 0.759 bits per heavy atom. The monoisotopic (exact) mass is 418 g/mol. The van der Waals surface area contributed by atoms with E-state index < -0.39 is 4.75 Å². The number of esters is 1. The van der Waals surface area contributed by atoms with Gasteiger partial charge >= 0.3 is 5.97 Å². The fraction of sp³-hybridized carbons (Fsp3) is 0.577. The normalized spacial score (nSPS) is 13.1. The van der Waals surface area contributed by atoms with Gasteiger partial charge in [0.1, 0.15) is 4.75 Å². The number of thioether (sulfide) groups is 1. The first-order chi connectivity index (χ1) is 14.0. The first-order valence-electron chi connectivity index (χ1n) is 11.1. The standard InChI is InChI=1S/C26H42O2S/c1-5-7-8-9-10-11-12-13-14-15-16-17-18-19-20-21-22-23-24-29-26(3,4)25(27)28-6-2/h7-8,10-11,13-14,16-17,19-20H,5-6,9,12,15,18,21-24H2,1-4H3. The fourth-order valence-corrected chi connectivity index (χ4v) is 3.46. The lowest BCUT2D eigenvalue weighted by Gasteiger charge is -2.21. The maximum Gasteiger partial charge on any atom is 0.321 e. The maximum atomic E-state index is 11.8. The van der Waals surface area contributed by atoms with E-state index in [1.165, 1.54) is 0 Å². The van der Waals surface area contributed by atoms with Crippen LogP contribution in [0.5, 0.6) is 0 Å². The summed E-state index contributed by atoms with van der Waals surface area (Å²) in [6.07, 6.45) is 30.8. The van der Waals surface area contributed by atoms with E-state index in [0.29, 0.717) is 6.61 Å². The molecule has 0 aliphatic carbocycles. The van der Waals surface area contributed by atoms with Gasteiger partial charge in [0.05, 0.1) is 6.61 Å². The van der Waals surface area contributed by atoms with Crippen LogP contribution in [-0.4, -0.2) is 23.1 Å². The Morgan fingerprint density at radius 3 is 1.72 bits per heavy atom. The second kappa shape index (κ2) is 19.8. The van der Waals surface area contributed by atoms with Crippen LogP contribution in [0.25, 0.3) is 0 Å². The summed E-state index contributed by atoms with van der Waals surface area (Å²) in [4.78, 5) is 11.8. The van der Waals surface area contributed by atoms with Crippen molar-refractivity contribution < 1.29 is 9.53 Å². The van der Waals surface area contributed by atoms with Gasteiger partial charge in [-0.05, 0) is 77.9 Å². The van der Waals surface area contributed by atoms with E-state index in [4.69, 9.17) is 4.74 Å². The summed E-state index contributed by atoms with van der Waals surface area (Å²) >= 11 is 1.69. The van der Waals surface area contributed by atoms with Crippen molar-refractivity contribution >= 4 is 17.7 Å². The summed E-state index contributed by atoms with van der Waals surface area (Å²) in [7, 11) is 0. The molecule has 0 radical (unpaired) electrons. The lowest BCUT2D eigenvalue weighted by Crippen LogP contribution is -2.30. The molecule has 0 heterocycles. The molecule has 0 saturated heterocycles. The minimum Gasteiger partial charge on any atom is -0.465 e. The minimum absolute atomic E-state index is 0.108. The summed E-state index contributed by atoms with van der Waals surface area (Å²) < 4.78 is 4.67. The largest absolute Gasteiger partial charge is 0.465 e. The molecule has 0 aliphatic heterocycles. The Kier molecular flexibility index (Phi) is 18.8. The van der Waals surface area contributed by atoms with E-state index in [9.17, 15) is 4.79 Å². The number of carbonyl (C=O) groups is 1. The number of ether oxygens (including phenoxy) is 1. The molecule has 0 spiro atoms. The Hall–Kier alpha value is -1.48. The maximum absolute atomic E-state index is 11.8. The SMILES string of the molecule is CCC=CCC=CCC=CCC=CCC=CCCCCSC(C)(C)C(=O)OCC. The number of allylic oxidation sites excluding steroid dienone is 10. The van der Waals surface area contributed by atoms with E-state index in [1.54, 1.807) is 11.8 Å². The van der Waals surface area contributed by atoms with Crippen molar-refractivity contribution in [2.45, 2.75) is 83.8 Å². The van der Waals surface area contributed by atoms with E-state index in [2.05, 4.69) is 67.7 Å². The molecule has 0 unspecified atom stereocenters. The van der Waals surface area contributed by atoms with Crippen LogP contribution in [0, 0.1) is 0 Å². The molecule has 29 heavy (non-hydrogen) atoms. The molecule has 0 amide bonds. The van der Waals surface area contributed by atoms with Gasteiger partial charge in [0.15, 0.2) is 0 Å². The molecule has 2 nitrogen and oxygen atoms in total. The van der Waals surface area contributed by atoms with Gasteiger partial charge in [-0.15, -0.1) is 11.8 Å². The summed E-state index contributed by atoms with van der Waals surface area (Å²) in [6, 6.07) is 0. The van der Waals surface area contributed by atoms with Crippen molar-refractivity contribution in [1.29, 1.82) is 0 Å². The Morgan fingerprint density at radius 2 is 1.24 bits per heavy atom. The van der Waals surface area contributed by atoms with Crippen molar-refractivity contribution in [1.82, 2.24) is 0 Å². The minimum atomic E-state index is -0.437. The summed E-state index contributed by atoms with van der Waals surface area (Å²) in [6.45, 7) is 8.35. The Bertz CT molecular complexity index is 539. The van der Waals surface area contributed by atoms with Gasteiger partial charge in [-0.2, -0.15) is 0 Å². The van der Waals surface area contributed by atoms with Gasteiger partial charge in [-0.3, -0.25) is 4.79 Å². The molecule has 3 heteroatoms. The van der Waals surface area contributed by atoms with Crippen LogP contribution in [0.3, 0.4) is 0 Å². The highest BCUT2D eigenvalue weighted by molar-refractivity contribution is 8.01. The molecule has 0 aromatic rings. The molecular formula is C26H42O2S. The molecular weight excluding hydrogens is 376 g/mol. The van der Waals surface area contributed by atoms with Gasteiger partial charge in [-0.25, -0.2) is 0 Å². The van der Waals surface area contributed by atoms with Gasteiger partial charge in [-0.1, -0.05) is 67.7 Å². The van der Waals surface area contributed by atoms with Crippen LogP contribution in [0.15, 0.2) is 60.8 Å². The number of hydrogen-bond donors (Lipinski definition) is 0. The highest BCUT2D eigenvalue weighted by Crippen LogP contribution is 2.27. The van der Waals surface area contributed by atoms with Crippen LogP contribution in [0.4, 0.5) is 0 Å². The first kappa shape index (κ1) is 27.5. The fourth-order valence-electron chi connectivity index (χ4n) is 2.42. The average Bonchev–Trinajstić information content (AvgIpc) is 2.70. The molecule has 0 aliphatic rings. The quantitative estimate of drug-likeness (QED) is 0.136. The summed E-state index contributed by atoms with van der Waals surface area (Å²) in [5, 5.41) is 0. The number of hydrogen-bond acceptors (Lipinski definition) is 3. The number of carbonyl (C=O) groups excluding carboxylic acids is 1. The lowest BCUT2D eigenvalue weighted by molar-refractivity contribution is -0.145. The van der Waals surface area contributed by atoms with Crippen LogP contribution < -0.4 is 0 Å². The highest BCUT2D eigenvalue weighted by Gasteiger charge is 2.29. The third kappa shape index (κ3) is 18.3. The second-order valence-electron chi connectivity index (χ2n) is 7.28. The first-order valence-corrected chi connectivity index (χ1v) is 12.1. The van der Waals surface area contributed by atoms with Gasteiger partial charge < -0.3 is 4.74 Å². The van der Waals surface area contributed by atoms with E-state index >= 15 is 0 Å². The molecule has 0 aromatic heterocycles. The molecule has 0 saturated carbocycles. The average molecular weight is 419 g/mol. The molecule has 0 bridgehead atoms. The van der Waals surface area contributed by atoms with Crippen LogP contribution in [0.1, 0.15) is 79.1 Å². The van der Waals surface area contributed by atoms with Crippen molar-refractivity contribution in [2.75, 3.05) is 12.4 Å². The zero-order valence-electron chi connectivity index (χ0n) is 19.1. The Balaban J connectivity index is 3.61. The predicted molar refractivity (Wildman–Crippen MR) is 131 cm³/mol. The van der Waals surface area contributed by atoms with Crippen LogP contribution in [-0.2, 0) is 9.53 Å². The topological polar surface area (TPSA) is 26.3 Å². The molecule has 164 valence electrons. The zero-order valence-corrected chi connectivity index (χ0v) is 19.9. The van der Waals surface area contributed by atoms with Gasteiger partial charge in [0.2, 0.25) is 0 Å². The number of unbranched alkanes of at least 4 members (excludes halogenated alkanes) is 2. The van der Waals surface area contributed by atoms with Gasteiger partial charge in [0, 0.05) is 0 Å². The van der Waals surface area contributed by atoms with Crippen LogP contribution >= 0.6 is 11.8 Å². The van der Waals surface area contributed by atoms with Crippen molar-refractivity contribution in [3.05, 3.63) is 60.8 Å². The van der Waals surface area contributed by atoms with E-state index in [0.717, 1.165) is 57.1 Å². The summed E-state index contributed by atoms with van der Waals surface area (Å²) in [5.41, 5.74) is 0. The van der Waals surface area contributed by atoms with E-state index in [1.807, 2.05) is 20.8 Å². The zero-order chi connectivity index (χ0) is 21.6. The molecule has 0 fully saturated rings.